The minimum absolute atomic E-state index is 0.0224. The predicted octanol–water partition coefficient (Wildman–Crippen LogP) is 2.81. The fourth-order valence-corrected chi connectivity index (χ4v) is 7.12. The summed E-state index contributed by atoms with van der Waals surface area (Å²) in [5, 5.41) is 31.8. The molecule has 4 N–H and O–H groups in total. The van der Waals surface area contributed by atoms with Gasteiger partial charge >= 0.3 is 0 Å². The number of thioether (sulfide) groups is 1. The Morgan fingerprint density at radius 1 is 1.11 bits per heavy atom. The fraction of sp³-hybridized carbons (Fsp3) is 0.455. The van der Waals surface area contributed by atoms with Crippen molar-refractivity contribution in [1.82, 2.24) is 20.7 Å². The van der Waals surface area contributed by atoms with E-state index in [4.69, 9.17) is 9.26 Å². The van der Waals surface area contributed by atoms with Crippen LogP contribution in [0.1, 0.15) is 54.5 Å². The summed E-state index contributed by atoms with van der Waals surface area (Å²) in [6.45, 7) is 7.56. The minimum atomic E-state index is -1.54. The molecule has 11 nitrogen and oxygen atoms in total. The Hall–Kier alpha value is -3.87. The molecule has 1 aromatic heterocycles. The summed E-state index contributed by atoms with van der Waals surface area (Å²) in [4.78, 5) is 42.5. The SMILES string of the molecule is Cc1noc(C)c1CNC(=O)[C@H]1N(C(=O)[C@@H](O)C[C@H](Cc2ccccc2)C(=O)N[C@H]2c3ccccc3OC[C@H]2O)CSC1(C)C. The number of benzene rings is 2. The van der Waals surface area contributed by atoms with Crippen LogP contribution in [0.5, 0.6) is 5.75 Å². The van der Waals surface area contributed by atoms with Crippen molar-refractivity contribution in [2.75, 3.05) is 12.5 Å². The third-order valence-electron chi connectivity index (χ3n) is 8.53. The molecule has 2 aliphatic heterocycles. The smallest absolute Gasteiger partial charge is 0.252 e. The lowest BCUT2D eigenvalue weighted by molar-refractivity contribution is -0.147. The monoisotopic (exact) mass is 636 g/mol. The van der Waals surface area contributed by atoms with Gasteiger partial charge < -0.3 is 35.0 Å². The van der Waals surface area contributed by atoms with Crippen LogP contribution in [0.25, 0.3) is 0 Å². The summed E-state index contributed by atoms with van der Waals surface area (Å²) in [7, 11) is 0. The number of hydrogen-bond acceptors (Lipinski definition) is 9. The standard InChI is InChI=1S/C33H40N4O7S/c1-19-24(20(2)44-36-19)16-34-31(41)29-33(3,4)45-18-37(29)32(42)25(38)15-22(14-21-10-6-5-7-11-21)30(40)35-28-23-12-8-9-13-27(23)43-17-26(28)39/h5-13,22,25-26,28-29,38-39H,14-18H2,1-4H3,(H,34,41)(H,35,40)/t22-,25-,26+,28-,29+/m0/s1. The first kappa shape index (κ1) is 32.5. The van der Waals surface area contributed by atoms with Crippen molar-refractivity contribution in [3.05, 3.63) is 82.7 Å². The van der Waals surface area contributed by atoms with Crippen LogP contribution < -0.4 is 15.4 Å². The molecule has 5 atom stereocenters. The number of aromatic nitrogens is 1. The summed E-state index contributed by atoms with van der Waals surface area (Å²) in [6, 6.07) is 15.0. The van der Waals surface area contributed by atoms with Gasteiger partial charge in [0.25, 0.3) is 5.91 Å². The zero-order chi connectivity index (χ0) is 32.3. The third kappa shape index (κ3) is 7.18. The van der Waals surface area contributed by atoms with Gasteiger partial charge in [0.15, 0.2) is 0 Å². The van der Waals surface area contributed by atoms with E-state index in [0.29, 0.717) is 22.8 Å². The Morgan fingerprint density at radius 3 is 2.53 bits per heavy atom. The maximum absolute atomic E-state index is 13.8. The van der Waals surface area contributed by atoms with Crippen molar-refractivity contribution < 1.29 is 33.9 Å². The first-order valence-electron chi connectivity index (χ1n) is 15.0. The number of hydrogen-bond donors (Lipinski definition) is 4. The van der Waals surface area contributed by atoms with Gasteiger partial charge in [0, 0.05) is 28.3 Å². The number of rotatable bonds is 10. The van der Waals surface area contributed by atoms with Crippen LogP contribution in [0.4, 0.5) is 0 Å². The van der Waals surface area contributed by atoms with E-state index < -0.39 is 46.8 Å². The Labute approximate surface area is 266 Å². The molecule has 0 saturated carbocycles. The van der Waals surface area contributed by atoms with Crippen molar-refractivity contribution in [1.29, 1.82) is 0 Å². The van der Waals surface area contributed by atoms with Crippen molar-refractivity contribution in [2.24, 2.45) is 5.92 Å². The molecule has 1 fully saturated rings. The van der Waals surface area contributed by atoms with Crippen molar-refractivity contribution in [2.45, 2.75) is 76.1 Å². The second-order valence-electron chi connectivity index (χ2n) is 12.1. The molecule has 1 saturated heterocycles. The van der Waals surface area contributed by atoms with Gasteiger partial charge in [0.1, 0.15) is 36.4 Å². The minimum Gasteiger partial charge on any atom is -0.490 e. The average molecular weight is 637 g/mol. The highest BCUT2D eigenvalue weighted by molar-refractivity contribution is 8.00. The number of aryl methyl sites for hydroxylation is 2. The summed E-state index contributed by atoms with van der Waals surface area (Å²) in [6.07, 6.45) is -2.42. The number of para-hydroxylation sites is 1. The molecule has 0 spiro atoms. The average Bonchev–Trinajstić information content (AvgIpc) is 3.52. The number of aliphatic hydroxyl groups is 2. The van der Waals surface area contributed by atoms with Crippen LogP contribution in [-0.2, 0) is 27.3 Å². The highest BCUT2D eigenvalue weighted by Gasteiger charge is 2.49. The van der Waals surface area contributed by atoms with Crippen LogP contribution in [0, 0.1) is 19.8 Å². The molecule has 3 heterocycles. The molecule has 0 radical (unpaired) electrons. The van der Waals surface area contributed by atoms with Crippen LogP contribution >= 0.6 is 11.8 Å². The van der Waals surface area contributed by atoms with Gasteiger partial charge in [-0.25, -0.2) is 0 Å². The lowest BCUT2D eigenvalue weighted by atomic mass is 9.90. The Kier molecular flexibility index (Phi) is 9.85. The van der Waals surface area contributed by atoms with Crippen molar-refractivity contribution in [3.8, 4) is 5.75 Å². The number of nitrogens with one attached hydrogen (secondary N) is 2. The molecule has 0 aliphatic carbocycles. The van der Waals surface area contributed by atoms with E-state index in [-0.39, 0.29) is 37.8 Å². The van der Waals surface area contributed by atoms with E-state index in [1.54, 1.807) is 32.0 Å². The van der Waals surface area contributed by atoms with Gasteiger partial charge in [-0.05, 0) is 52.2 Å². The highest BCUT2D eigenvalue weighted by atomic mass is 32.2. The van der Waals surface area contributed by atoms with E-state index in [0.717, 1.165) is 11.1 Å². The first-order chi connectivity index (χ1) is 21.5. The number of aliphatic hydroxyl groups excluding tert-OH is 2. The summed E-state index contributed by atoms with van der Waals surface area (Å²) in [5.41, 5.74) is 2.97. The fourth-order valence-electron chi connectivity index (χ4n) is 5.98. The van der Waals surface area contributed by atoms with Crippen molar-refractivity contribution >= 4 is 29.5 Å². The van der Waals surface area contributed by atoms with Gasteiger partial charge in [-0.3, -0.25) is 14.4 Å². The molecule has 12 heteroatoms. The summed E-state index contributed by atoms with van der Waals surface area (Å²) < 4.78 is 10.2. The second kappa shape index (κ2) is 13.6. The Balaban J connectivity index is 1.32. The van der Waals surface area contributed by atoms with Crippen LogP contribution in [0.3, 0.4) is 0 Å². The molecule has 2 aromatic carbocycles. The van der Waals surface area contributed by atoms with E-state index in [1.807, 2.05) is 50.2 Å². The van der Waals surface area contributed by atoms with Crippen LogP contribution in [-0.4, -0.2) is 73.5 Å². The normalized spacial score (nSPS) is 21.7. The van der Waals surface area contributed by atoms with Gasteiger partial charge in [-0.2, -0.15) is 0 Å². The number of carbonyl (C=O) groups excluding carboxylic acids is 3. The Bertz CT molecular complexity index is 1510. The van der Waals surface area contributed by atoms with Gasteiger partial charge in [-0.15, -0.1) is 11.8 Å². The highest BCUT2D eigenvalue weighted by Crippen LogP contribution is 2.40. The molecule has 0 bridgehead atoms. The summed E-state index contributed by atoms with van der Waals surface area (Å²) >= 11 is 1.45. The molecule has 240 valence electrons. The van der Waals surface area contributed by atoms with Gasteiger partial charge in [0.2, 0.25) is 11.8 Å². The third-order valence-corrected chi connectivity index (χ3v) is 9.91. The molecule has 3 aromatic rings. The van der Waals surface area contributed by atoms with E-state index >= 15 is 0 Å². The number of fused-ring (bicyclic) bond motifs is 1. The van der Waals surface area contributed by atoms with Gasteiger partial charge in [0.05, 0.1) is 17.6 Å². The van der Waals surface area contributed by atoms with Crippen LogP contribution in [0.15, 0.2) is 59.1 Å². The summed E-state index contributed by atoms with van der Waals surface area (Å²) in [5.74, 6) is -0.775. The lowest BCUT2D eigenvalue weighted by Gasteiger charge is -2.33. The predicted molar refractivity (Wildman–Crippen MR) is 168 cm³/mol. The number of ether oxygens (including phenoxy) is 1. The number of amides is 3. The Morgan fingerprint density at radius 2 is 1.82 bits per heavy atom. The van der Waals surface area contributed by atoms with E-state index in [9.17, 15) is 24.6 Å². The zero-order valence-corrected chi connectivity index (χ0v) is 26.7. The molecular formula is C33H40N4O7S. The lowest BCUT2D eigenvalue weighted by Crippen LogP contribution is -2.55. The van der Waals surface area contributed by atoms with Gasteiger partial charge in [-0.1, -0.05) is 53.7 Å². The molecule has 0 unspecified atom stereocenters. The number of nitrogens with zero attached hydrogens (tertiary/aromatic N) is 2. The van der Waals surface area contributed by atoms with Crippen LogP contribution in [0.2, 0.25) is 0 Å². The second-order valence-corrected chi connectivity index (χ2v) is 13.7. The van der Waals surface area contributed by atoms with E-state index in [1.165, 1.54) is 16.7 Å². The maximum atomic E-state index is 13.8. The maximum Gasteiger partial charge on any atom is 0.252 e. The molecular weight excluding hydrogens is 596 g/mol. The zero-order valence-electron chi connectivity index (χ0n) is 25.9. The largest absolute Gasteiger partial charge is 0.490 e. The quantitative estimate of drug-likeness (QED) is 0.263. The first-order valence-corrected chi connectivity index (χ1v) is 16.0. The molecule has 5 rings (SSSR count). The molecule has 2 aliphatic rings. The van der Waals surface area contributed by atoms with Crippen molar-refractivity contribution in [3.63, 3.8) is 0 Å². The number of carbonyl (C=O) groups is 3. The molecule has 3 amide bonds. The van der Waals surface area contributed by atoms with E-state index in [2.05, 4.69) is 15.8 Å². The topological polar surface area (TPSA) is 154 Å². The molecule has 45 heavy (non-hydrogen) atoms.